The zero-order valence-corrected chi connectivity index (χ0v) is 25.2. The zero-order chi connectivity index (χ0) is 27.7. The molecule has 7 heteroatoms. The molecule has 2 aromatic heterocycles. The lowest BCUT2D eigenvalue weighted by Gasteiger charge is -2.53. The molecule has 3 fully saturated rings. The first-order valence-corrected chi connectivity index (χ1v) is 16.8. The number of benzene rings is 1. The van der Waals surface area contributed by atoms with Gasteiger partial charge in [-0.05, 0) is 72.9 Å². The van der Waals surface area contributed by atoms with E-state index in [1.54, 1.807) is 0 Å². The normalized spacial score (nSPS) is 22.4. The van der Waals surface area contributed by atoms with E-state index in [0.29, 0.717) is 15.7 Å². The number of quaternary nitrogens is 1. The smallest absolute Gasteiger partial charge is 0.353 e. The molecule has 0 aliphatic carbocycles. The summed E-state index contributed by atoms with van der Waals surface area (Å²) in [6.45, 7) is 4.89. The minimum Gasteiger partial charge on any atom is -0.410 e. The maximum absolute atomic E-state index is 13.7. The van der Waals surface area contributed by atoms with E-state index in [1.807, 2.05) is 35.0 Å². The van der Waals surface area contributed by atoms with Crippen LogP contribution in [-0.2, 0) is 26.3 Å². The third kappa shape index (κ3) is 7.05. The summed E-state index contributed by atoms with van der Waals surface area (Å²) in [6.07, 6.45) is 11.2. The van der Waals surface area contributed by atoms with Crippen molar-refractivity contribution in [1.82, 2.24) is 0 Å². The number of nitrogens with zero attached hydrogens (tertiary/aromatic N) is 1. The van der Waals surface area contributed by atoms with Crippen LogP contribution in [0, 0.1) is 5.92 Å². The van der Waals surface area contributed by atoms with Crippen LogP contribution in [0.15, 0.2) is 65.4 Å². The van der Waals surface area contributed by atoms with Crippen molar-refractivity contribution in [1.29, 1.82) is 0 Å². The Morgan fingerprint density at radius 1 is 0.850 bits per heavy atom. The van der Waals surface area contributed by atoms with Crippen molar-refractivity contribution in [2.24, 2.45) is 5.92 Å². The van der Waals surface area contributed by atoms with Crippen molar-refractivity contribution in [2.45, 2.75) is 76.0 Å². The van der Waals surface area contributed by atoms with E-state index in [2.05, 4.69) is 30.3 Å². The lowest BCUT2D eigenvalue weighted by Crippen LogP contribution is -2.66. The van der Waals surface area contributed by atoms with E-state index in [1.165, 1.54) is 60.3 Å². The van der Waals surface area contributed by atoms with Crippen LogP contribution < -0.4 is 0 Å². The van der Waals surface area contributed by atoms with Gasteiger partial charge in [-0.15, -0.1) is 22.7 Å². The number of hydrogen-bond donors (Lipinski definition) is 1. The van der Waals surface area contributed by atoms with Crippen LogP contribution in [0.1, 0.15) is 73.1 Å². The fraction of sp³-hybridized carbons (Fsp3) is 0.545. The van der Waals surface area contributed by atoms with Gasteiger partial charge in [-0.3, -0.25) is 4.48 Å². The summed E-state index contributed by atoms with van der Waals surface area (Å²) in [5.41, 5.74) is -0.324. The molecule has 40 heavy (non-hydrogen) atoms. The Kier molecular flexibility index (Phi) is 10.5. The quantitative estimate of drug-likeness (QED) is 0.111. The monoisotopic (exact) mass is 582 g/mol. The standard InChI is InChI=1S/C33H44NO4S2/c35-32(33(36,29-15-10-24-39-29)30-16-11-25-40-30)38-31-26-28-17-20-34(31,21-18-28)19-7-1-2-8-22-37-23-9-6-14-27-12-4-3-5-13-27/h3-5,10-13,15-16,24-25,28,31,36H,1-2,6-9,14,17-23,26H2/q+1/t28?,31-,34?/m1/s1. The zero-order valence-electron chi connectivity index (χ0n) is 23.5. The molecule has 5 heterocycles. The first-order valence-electron chi connectivity index (χ1n) is 15.1. The van der Waals surface area contributed by atoms with Crippen LogP contribution in [-0.4, -0.2) is 54.6 Å². The van der Waals surface area contributed by atoms with Gasteiger partial charge in [-0.1, -0.05) is 48.9 Å². The van der Waals surface area contributed by atoms with Crippen molar-refractivity contribution in [2.75, 3.05) is 32.8 Å². The maximum atomic E-state index is 13.7. The van der Waals surface area contributed by atoms with Gasteiger partial charge < -0.3 is 14.6 Å². The van der Waals surface area contributed by atoms with Crippen molar-refractivity contribution in [3.63, 3.8) is 0 Å². The number of ether oxygens (including phenoxy) is 2. The second kappa shape index (κ2) is 14.2. The molecule has 0 spiro atoms. The minimum absolute atomic E-state index is 0.161. The van der Waals surface area contributed by atoms with Gasteiger partial charge in [0, 0.05) is 32.5 Å². The van der Waals surface area contributed by atoms with E-state index in [9.17, 15) is 9.90 Å². The number of fused-ring (bicyclic) bond motifs is 3. The molecule has 1 N–H and O–H groups in total. The van der Waals surface area contributed by atoms with Crippen LogP contribution in [0.3, 0.4) is 0 Å². The van der Waals surface area contributed by atoms with E-state index < -0.39 is 11.6 Å². The van der Waals surface area contributed by atoms with Gasteiger partial charge in [-0.2, -0.15) is 0 Å². The molecule has 3 aromatic rings. The minimum atomic E-state index is -1.73. The molecule has 5 nitrogen and oxygen atoms in total. The number of thiophene rings is 2. The van der Waals surface area contributed by atoms with Gasteiger partial charge in [0.25, 0.3) is 0 Å². The van der Waals surface area contributed by atoms with Gasteiger partial charge in [-0.25, -0.2) is 4.79 Å². The predicted molar refractivity (Wildman–Crippen MR) is 162 cm³/mol. The second-order valence-corrected chi connectivity index (χ2v) is 13.5. The highest BCUT2D eigenvalue weighted by Crippen LogP contribution is 2.42. The van der Waals surface area contributed by atoms with Gasteiger partial charge >= 0.3 is 5.97 Å². The topological polar surface area (TPSA) is 55.8 Å². The number of hydrogen-bond acceptors (Lipinski definition) is 6. The number of aliphatic hydroxyl groups is 1. The summed E-state index contributed by atoms with van der Waals surface area (Å²) in [5.74, 6) is 0.104. The van der Waals surface area contributed by atoms with Crippen molar-refractivity contribution in [3.05, 3.63) is 80.7 Å². The molecule has 6 rings (SSSR count). The number of piperidine rings is 3. The third-order valence-corrected chi connectivity index (χ3v) is 10.9. The van der Waals surface area contributed by atoms with Crippen molar-refractivity contribution >= 4 is 28.6 Å². The molecule has 1 atom stereocenters. The number of carbonyl (C=O) groups is 1. The molecule has 0 radical (unpaired) electrons. The number of unbranched alkanes of at least 4 members (excludes halogenated alkanes) is 4. The highest BCUT2D eigenvalue weighted by molar-refractivity contribution is 7.12. The Bertz CT molecular complexity index is 1110. The van der Waals surface area contributed by atoms with E-state index >= 15 is 0 Å². The summed E-state index contributed by atoms with van der Waals surface area (Å²) in [7, 11) is 0. The number of carbonyl (C=O) groups excluding carboxylic acids is 1. The van der Waals surface area contributed by atoms with Crippen LogP contribution in [0.5, 0.6) is 0 Å². The molecule has 0 amide bonds. The van der Waals surface area contributed by atoms with E-state index in [4.69, 9.17) is 9.47 Å². The summed E-state index contributed by atoms with van der Waals surface area (Å²) in [4.78, 5) is 14.9. The highest BCUT2D eigenvalue weighted by atomic mass is 32.1. The number of rotatable bonds is 16. The Hall–Kier alpha value is -2.03. The molecule has 3 aliphatic rings. The first kappa shape index (κ1) is 29.5. The third-order valence-electron chi connectivity index (χ3n) is 8.89. The largest absolute Gasteiger partial charge is 0.410 e. The van der Waals surface area contributed by atoms with Crippen molar-refractivity contribution in [3.8, 4) is 0 Å². The molecule has 0 saturated carbocycles. The van der Waals surface area contributed by atoms with Crippen LogP contribution in [0.2, 0.25) is 0 Å². The molecule has 0 unspecified atom stereocenters. The summed E-state index contributed by atoms with van der Waals surface area (Å²) >= 11 is 2.80. The summed E-state index contributed by atoms with van der Waals surface area (Å²) in [6, 6.07) is 18.1. The average Bonchev–Trinajstić information content (AvgIpc) is 3.73. The van der Waals surface area contributed by atoms with Crippen LogP contribution in [0.4, 0.5) is 0 Å². The fourth-order valence-electron chi connectivity index (χ4n) is 6.46. The molecule has 1 aromatic carbocycles. The summed E-state index contributed by atoms with van der Waals surface area (Å²) in [5, 5.41) is 15.5. The van der Waals surface area contributed by atoms with Gasteiger partial charge in [0.15, 0.2) is 0 Å². The lowest BCUT2D eigenvalue weighted by molar-refractivity contribution is -0.984. The number of esters is 1. The molecular weight excluding hydrogens is 539 g/mol. The lowest BCUT2D eigenvalue weighted by atomic mass is 9.84. The maximum Gasteiger partial charge on any atom is 0.353 e. The Labute approximate surface area is 247 Å². The Morgan fingerprint density at radius 3 is 2.15 bits per heavy atom. The van der Waals surface area contributed by atoms with Gasteiger partial charge in [0.2, 0.25) is 11.8 Å². The first-order chi connectivity index (χ1) is 19.6. The van der Waals surface area contributed by atoms with E-state index in [0.717, 1.165) is 69.4 Å². The number of aryl methyl sites for hydroxylation is 1. The van der Waals surface area contributed by atoms with Crippen molar-refractivity contribution < 1.29 is 23.9 Å². The predicted octanol–water partition coefficient (Wildman–Crippen LogP) is 7.15. The SMILES string of the molecule is O=C(O[C@@H]1CC2CC[N+]1(CCCCCCOCCCCc1ccccc1)CC2)C(O)(c1cccs1)c1cccs1. The molecular formula is C33H44NO4S2+. The fourth-order valence-corrected chi connectivity index (χ4v) is 8.17. The molecule has 3 aliphatic heterocycles. The molecule has 2 bridgehead atoms. The second-order valence-electron chi connectivity index (χ2n) is 11.6. The van der Waals surface area contributed by atoms with Crippen LogP contribution >= 0.6 is 22.7 Å². The van der Waals surface area contributed by atoms with Gasteiger partial charge in [0.1, 0.15) is 0 Å². The highest BCUT2D eigenvalue weighted by Gasteiger charge is 2.52. The molecule has 3 saturated heterocycles. The Morgan fingerprint density at radius 2 is 1.50 bits per heavy atom. The summed E-state index contributed by atoms with van der Waals surface area (Å²) < 4.78 is 13.0. The van der Waals surface area contributed by atoms with E-state index in [-0.39, 0.29) is 6.23 Å². The van der Waals surface area contributed by atoms with Crippen LogP contribution in [0.25, 0.3) is 0 Å². The Balaban J connectivity index is 1.05. The van der Waals surface area contributed by atoms with Gasteiger partial charge in [0.05, 0.1) is 29.4 Å². The average molecular weight is 583 g/mol. The molecule has 216 valence electrons.